The molecular weight excluding hydrogens is 314 g/mol. The number of benzene rings is 1. The van der Waals surface area contributed by atoms with Crippen molar-refractivity contribution < 1.29 is 4.42 Å². The molecule has 0 saturated heterocycles. The Kier molecular flexibility index (Phi) is 4.27. The first-order chi connectivity index (χ1) is 9.81. The Bertz CT molecular complexity index is 574. The lowest BCUT2D eigenvalue weighted by atomic mass is 9.76. The first-order valence-electron chi connectivity index (χ1n) is 7.36. The van der Waals surface area contributed by atoms with E-state index in [1.807, 2.05) is 0 Å². The zero-order valence-corrected chi connectivity index (χ0v) is 13.3. The lowest BCUT2D eigenvalue weighted by Crippen LogP contribution is -2.24. The van der Waals surface area contributed by atoms with Crippen LogP contribution in [-0.4, -0.2) is 6.54 Å². The molecule has 1 heterocycles. The van der Waals surface area contributed by atoms with Gasteiger partial charge in [0.2, 0.25) is 0 Å². The summed E-state index contributed by atoms with van der Waals surface area (Å²) in [6.07, 6.45) is 5.75. The fraction of sp³-hybridized carbons (Fsp3) is 0.412. The molecule has 20 heavy (non-hydrogen) atoms. The zero-order valence-electron chi connectivity index (χ0n) is 11.7. The molecule has 3 rings (SSSR count). The molecule has 2 aromatic rings. The largest absolute Gasteiger partial charge is 0.457 e. The Labute approximate surface area is 128 Å². The van der Waals surface area contributed by atoms with Crippen molar-refractivity contribution >= 4 is 15.9 Å². The van der Waals surface area contributed by atoms with Crippen LogP contribution in [0.1, 0.15) is 54.8 Å². The van der Waals surface area contributed by atoms with Crippen LogP contribution < -0.4 is 5.32 Å². The van der Waals surface area contributed by atoms with Crippen LogP contribution in [0.25, 0.3) is 0 Å². The zero-order chi connectivity index (χ0) is 13.9. The molecule has 0 bridgehead atoms. The summed E-state index contributed by atoms with van der Waals surface area (Å²) < 4.78 is 6.26. The highest BCUT2D eigenvalue weighted by molar-refractivity contribution is 9.10. The first-order valence-corrected chi connectivity index (χ1v) is 8.15. The molecule has 1 aliphatic rings. The lowest BCUT2D eigenvalue weighted by Gasteiger charge is -2.30. The van der Waals surface area contributed by atoms with E-state index in [-0.39, 0.29) is 6.04 Å². The van der Waals surface area contributed by atoms with Crippen LogP contribution in [0.2, 0.25) is 0 Å². The van der Waals surface area contributed by atoms with Gasteiger partial charge in [0.25, 0.3) is 0 Å². The third-order valence-corrected chi connectivity index (χ3v) is 4.86. The molecule has 106 valence electrons. The van der Waals surface area contributed by atoms with E-state index in [1.54, 1.807) is 6.26 Å². The fourth-order valence-corrected chi connectivity index (χ4v) is 3.44. The van der Waals surface area contributed by atoms with Crippen molar-refractivity contribution in [1.82, 2.24) is 5.32 Å². The van der Waals surface area contributed by atoms with Crippen LogP contribution in [0.3, 0.4) is 0 Å². The molecule has 0 spiro atoms. The van der Waals surface area contributed by atoms with E-state index in [1.165, 1.54) is 36.0 Å². The number of hydrogen-bond acceptors (Lipinski definition) is 2. The highest BCUT2D eigenvalue weighted by Crippen LogP contribution is 2.41. The normalized spacial score (nSPS) is 16.9. The van der Waals surface area contributed by atoms with Gasteiger partial charge in [-0.25, -0.2) is 0 Å². The van der Waals surface area contributed by atoms with Crippen molar-refractivity contribution in [2.24, 2.45) is 0 Å². The summed E-state index contributed by atoms with van der Waals surface area (Å²) in [7, 11) is 0. The minimum atomic E-state index is 0.199. The molecule has 1 aliphatic carbocycles. The Morgan fingerprint density at radius 2 is 2.05 bits per heavy atom. The van der Waals surface area contributed by atoms with Gasteiger partial charge in [-0.3, -0.25) is 0 Å². The summed E-state index contributed by atoms with van der Waals surface area (Å²) in [5.74, 6) is 0.734. The number of hydrogen-bond donors (Lipinski definition) is 1. The molecule has 0 amide bonds. The van der Waals surface area contributed by atoms with E-state index in [0.717, 1.165) is 17.1 Å². The van der Waals surface area contributed by atoms with Crippen LogP contribution >= 0.6 is 15.9 Å². The van der Waals surface area contributed by atoms with E-state index in [9.17, 15) is 0 Å². The van der Waals surface area contributed by atoms with Gasteiger partial charge in [0.1, 0.15) is 0 Å². The van der Waals surface area contributed by atoms with Crippen molar-refractivity contribution in [3.63, 3.8) is 0 Å². The van der Waals surface area contributed by atoms with E-state index >= 15 is 0 Å². The minimum absolute atomic E-state index is 0.199. The lowest BCUT2D eigenvalue weighted by molar-refractivity contribution is 0.414. The van der Waals surface area contributed by atoms with E-state index < -0.39 is 0 Å². The van der Waals surface area contributed by atoms with Crippen molar-refractivity contribution in [3.8, 4) is 0 Å². The third-order valence-electron chi connectivity index (χ3n) is 4.22. The van der Waals surface area contributed by atoms with Gasteiger partial charge >= 0.3 is 0 Å². The summed E-state index contributed by atoms with van der Waals surface area (Å²) in [5, 5.41) is 3.60. The predicted molar refractivity (Wildman–Crippen MR) is 85.0 cm³/mol. The Morgan fingerprint density at radius 1 is 1.25 bits per heavy atom. The van der Waals surface area contributed by atoms with Crippen LogP contribution in [0.5, 0.6) is 0 Å². The van der Waals surface area contributed by atoms with Gasteiger partial charge in [-0.2, -0.15) is 0 Å². The van der Waals surface area contributed by atoms with Crippen LogP contribution in [-0.2, 0) is 0 Å². The molecule has 1 atom stereocenters. The second-order valence-electron chi connectivity index (χ2n) is 5.40. The second-order valence-corrected chi connectivity index (χ2v) is 6.12. The molecule has 2 nitrogen and oxygen atoms in total. The van der Waals surface area contributed by atoms with Gasteiger partial charge in [0, 0.05) is 5.56 Å². The van der Waals surface area contributed by atoms with Gasteiger partial charge in [-0.15, -0.1) is 0 Å². The van der Waals surface area contributed by atoms with Gasteiger partial charge < -0.3 is 9.73 Å². The standard InChI is InChI=1S/C17H20BrNO/c1-2-19-16(15-10-11-20-17(15)18)14-9-4-3-8-13(14)12-6-5-7-12/h3-4,8-12,16,19H,2,5-7H2,1H3. The van der Waals surface area contributed by atoms with E-state index in [2.05, 4.69) is 58.5 Å². The SMILES string of the molecule is CCNC(c1ccccc1C1CCC1)c1ccoc1Br. The molecule has 0 radical (unpaired) electrons. The maximum atomic E-state index is 5.43. The summed E-state index contributed by atoms with van der Waals surface area (Å²) in [5.41, 5.74) is 4.07. The molecule has 3 heteroatoms. The summed E-state index contributed by atoms with van der Waals surface area (Å²) in [4.78, 5) is 0. The summed E-state index contributed by atoms with van der Waals surface area (Å²) in [6, 6.07) is 11.1. The number of halogens is 1. The molecular formula is C17H20BrNO. The Morgan fingerprint density at radius 3 is 2.65 bits per heavy atom. The third kappa shape index (κ3) is 2.57. The van der Waals surface area contributed by atoms with Gasteiger partial charge in [0.15, 0.2) is 4.67 Å². The molecule has 1 unspecified atom stereocenters. The van der Waals surface area contributed by atoms with Gasteiger partial charge in [-0.1, -0.05) is 37.6 Å². The Balaban J connectivity index is 2.01. The average Bonchev–Trinajstić information content (AvgIpc) is 2.81. The topological polar surface area (TPSA) is 25.2 Å². The predicted octanol–water partition coefficient (Wildman–Crippen LogP) is 5.01. The van der Waals surface area contributed by atoms with Crippen LogP contribution in [0.15, 0.2) is 45.7 Å². The first kappa shape index (κ1) is 13.9. The highest BCUT2D eigenvalue weighted by Gasteiger charge is 2.26. The van der Waals surface area contributed by atoms with Crippen LogP contribution in [0.4, 0.5) is 0 Å². The molecule has 1 saturated carbocycles. The number of rotatable bonds is 5. The number of nitrogens with one attached hydrogen (secondary N) is 1. The Hall–Kier alpha value is -1.06. The molecule has 1 fully saturated rings. The van der Waals surface area contributed by atoms with Gasteiger partial charge in [-0.05, 0) is 58.4 Å². The second kappa shape index (κ2) is 6.15. The molecule has 0 aliphatic heterocycles. The summed E-state index contributed by atoms with van der Waals surface area (Å²) in [6.45, 7) is 3.08. The van der Waals surface area contributed by atoms with Gasteiger partial charge in [0.05, 0.1) is 12.3 Å². The van der Waals surface area contributed by atoms with Crippen molar-refractivity contribution in [2.45, 2.75) is 38.1 Å². The van der Waals surface area contributed by atoms with Crippen molar-refractivity contribution in [1.29, 1.82) is 0 Å². The maximum Gasteiger partial charge on any atom is 0.174 e. The minimum Gasteiger partial charge on any atom is -0.457 e. The molecule has 1 aromatic carbocycles. The highest BCUT2D eigenvalue weighted by atomic mass is 79.9. The monoisotopic (exact) mass is 333 g/mol. The fourth-order valence-electron chi connectivity index (χ4n) is 2.97. The quantitative estimate of drug-likeness (QED) is 0.832. The average molecular weight is 334 g/mol. The van der Waals surface area contributed by atoms with E-state index in [4.69, 9.17) is 4.42 Å². The van der Waals surface area contributed by atoms with Crippen molar-refractivity contribution in [2.75, 3.05) is 6.54 Å². The van der Waals surface area contributed by atoms with Crippen molar-refractivity contribution in [3.05, 3.63) is 58.0 Å². The number of furan rings is 1. The molecule has 1 aromatic heterocycles. The summed E-state index contributed by atoms with van der Waals surface area (Å²) >= 11 is 3.52. The van der Waals surface area contributed by atoms with E-state index in [0.29, 0.717) is 0 Å². The van der Waals surface area contributed by atoms with Crippen LogP contribution in [0, 0.1) is 0 Å². The molecule has 1 N–H and O–H groups in total. The maximum absolute atomic E-state index is 5.43. The smallest absolute Gasteiger partial charge is 0.174 e.